The first-order valence-corrected chi connectivity index (χ1v) is 6.47. The molecule has 0 atom stereocenters. The van der Waals surface area contributed by atoms with Crippen molar-refractivity contribution in [2.75, 3.05) is 17.3 Å². The van der Waals surface area contributed by atoms with Crippen LogP contribution >= 0.6 is 0 Å². The molecule has 4 N–H and O–H groups in total. The minimum Gasteiger partial charge on any atom is -0.369 e. The van der Waals surface area contributed by atoms with Crippen LogP contribution in [-0.4, -0.2) is 26.7 Å². The van der Waals surface area contributed by atoms with Gasteiger partial charge in [-0.2, -0.15) is 4.98 Å². The van der Waals surface area contributed by atoms with Crippen LogP contribution in [0.5, 0.6) is 0 Å². The number of anilines is 2. The van der Waals surface area contributed by atoms with Gasteiger partial charge in [0.15, 0.2) is 5.82 Å². The number of nitrogens with one attached hydrogen (secondary N) is 2. The molecule has 2 heterocycles. The van der Waals surface area contributed by atoms with Crippen LogP contribution in [0.1, 0.15) is 37.3 Å². The number of nitrogens with two attached hydrogens (primary N) is 1. The van der Waals surface area contributed by atoms with Gasteiger partial charge in [0.2, 0.25) is 5.89 Å². The highest BCUT2D eigenvalue weighted by atomic mass is 16.5. The first-order valence-electron chi connectivity index (χ1n) is 6.47. The molecule has 0 aliphatic carbocycles. The lowest BCUT2D eigenvalue weighted by molar-refractivity contribution is 0.387. The summed E-state index contributed by atoms with van der Waals surface area (Å²) >= 11 is 0. The molecule has 0 aliphatic heterocycles. The SMILES string of the molecule is Cc1nc(CCNc2cc(NN)nc(C(C)C)n2)no1. The topological polar surface area (TPSA) is 115 Å². The molecule has 0 radical (unpaired) electrons. The van der Waals surface area contributed by atoms with Gasteiger partial charge in [-0.05, 0) is 0 Å². The molecule has 0 spiro atoms. The van der Waals surface area contributed by atoms with Crippen molar-refractivity contribution in [1.82, 2.24) is 20.1 Å². The molecule has 2 aromatic rings. The van der Waals surface area contributed by atoms with Crippen molar-refractivity contribution in [1.29, 1.82) is 0 Å². The maximum atomic E-state index is 5.41. The van der Waals surface area contributed by atoms with Crippen LogP contribution in [0.15, 0.2) is 10.6 Å². The average Bonchev–Trinajstić information content (AvgIpc) is 2.84. The first kappa shape index (κ1) is 14.2. The van der Waals surface area contributed by atoms with Gasteiger partial charge in [-0.3, -0.25) is 0 Å². The number of hydrogen-bond donors (Lipinski definition) is 3. The zero-order valence-corrected chi connectivity index (χ0v) is 11.8. The van der Waals surface area contributed by atoms with Gasteiger partial charge < -0.3 is 15.3 Å². The molecule has 8 nitrogen and oxygen atoms in total. The molecule has 0 unspecified atom stereocenters. The fourth-order valence-electron chi connectivity index (χ4n) is 1.63. The Morgan fingerprint density at radius 2 is 2.00 bits per heavy atom. The summed E-state index contributed by atoms with van der Waals surface area (Å²) in [5, 5.41) is 7.04. The molecule has 0 aliphatic rings. The molecule has 0 amide bonds. The molecular formula is C12H19N7O. The predicted octanol–water partition coefficient (Wildman–Crippen LogP) is 1.23. The van der Waals surface area contributed by atoms with Crippen LogP contribution in [0.3, 0.4) is 0 Å². The third-order valence-corrected chi connectivity index (χ3v) is 2.63. The molecule has 0 saturated heterocycles. The zero-order chi connectivity index (χ0) is 14.5. The number of aromatic nitrogens is 4. The number of rotatable bonds is 6. The zero-order valence-electron chi connectivity index (χ0n) is 11.8. The Kier molecular flexibility index (Phi) is 4.46. The van der Waals surface area contributed by atoms with Gasteiger partial charge >= 0.3 is 0 Å². The second-order valence-electron chi connectivity index (χ2n) is 4.70. The van der Waals surface area contributed by atoms with E-state index in [0.717, 1.165) is 11.6 Å². The van der Waals surface area contributed by atoms with Gasteiger partial charge in [-0.25, -0.2) is 15.8 Å². The second-order valence-corrected chi connectivity index (χ2v) is 4.70. The van der Waals surface area contributed by atoms with Crippen molar-refractivity contribution in [2.45, 2.75) is 33.1 Å². The smallest absolute Gasteiger partial charge is 0.223 e. The van der Waals surface area contributed by atoms with Crippen molar-refractivity contribution in [3.8, 4) is 0 Å². The fourth-order valence-corrected chi connectivity index (χ4v) is 1.63. The van der Waals surface area contributed by atoms with Gasteiger partial charge in [-0.15, -0.1) is 0 Å². The third-order valence-electron chi connectivity index (χ3n) is 2.63. The third kappa shape index (κ3) is 3.64. The van der Waals surface area contributed by atoms with Gasteiger partial charge in [0.1, 0.15) is 17.5 Å². The Bertz CT molecular complexity index is 567. The van der Waals surface area contributed by atoms with E-state index in [1.54, 1.807) is 13.0 Å². The lowest BCUT2D eigenvalue weighted by Crippen LogP contribution is -2.14. The van der Waals surface area contributed by atoms with Crippen LogP contribution in [0.4, 0.5) is 11.6 Å². The van der Waals surface area contributed by atoms with Crippen LogP contribution in [0, 0.1) is 6.92 Å². The summed E-state index contributed by atoms with van der Waals surface area (Å²) in [5.41, 5.74) is 2.54. The standard InChI is InChI=1S/C12H19N7O/c1-7(2)12-16-10(6-11(17-12)18-13)14-5-4-9-15-8(3)20-19-9/h6-7H,4-5,13H2,1-3H3,(H2,14,16,17,18). The summed E-state index contributed by atoms with van der Waals surface area (Å²) in [5.74, 6) is 8.91. The Labute approximate surface area is 117 Å². The fraction of sp³-hybridized carbons (Fsp3) is 0.500. The lowest BCUT2D eigenvalue weighted by atomic mass is 10.2. The molecule has 8 heteroatoms. The molecule has 0 bridgehead atoms. The highest BCUT2D eigenvalue weighted by Crippen LogP contribution is 2.16. The lowest BCUT2D eigenvalue weighted by Gasteiger charge is -2.10. The first-order chi connectivity index (χ1) is 9.58. The summed E-state index contributed by atoms with van der Waals surface area (Å²) in [7, 11) is 0. The van der Waals surface area contributed by atoms with E-state index in [1.165, 1.54) is 0 Å². The van der Waals surface area contributed by atoms with Crippen molar-refractivity contribution < 1.29 is 4.52 Å². The van der Waals surface area contributed by atoms with E-state index in [0.29, 0.717) is 30.5 Å². The Hall–Kier alpha value is -2.22. The van der Waals surface area contributed by atoms with E-state index in [9.17, 15) is 0 Å². The normalized spacial score (nSPS) is 10.8. The quantitative estimate of drug-likeness (QED) is 0.533. The number of nitrogens with zero attached hydrogens (tertiary/aromatic N) is 4. The van der Waals surface area contributed by atoms with E-state index in [-0.39, 0.29) is 5.92 Å². The Balaban J connectivity index is 1.99. The van der Waals surface area contributed by atoms with Crippen molar-refractivity contribution >= 4 is 11.6 Å². The van der Waals surface area contributed by atoms with E-state index in [4.69, 9.17) is 10.4 Å². The van der Waals surface area contributed by atoms with Crippen LogP contribution in [0.2, 0.25) is 0 Å². The summed E-state index contributed by atoms with van der Waals surface area (Å²) in [6.45, 7) is 6.48. The van der Waals surface area contributed by atoms with Crippen molar-refractivity contribution in [2.24, 2.45) is 5.84 Å². The number of nitrogen functional groups attached to an aromatic ring is 1. The van der Waals surface area contributed by atoms with Crippen molar-refractivity contribution in [3.05, 3.63) is 23.6 Å². The molecule has 0 aromatic carbocycles. The highest BCUT2D eigenvalue weighted by molar-refractivity contribution is 5.47. The maximum Gasteiger partial charge on any atom is 0.223 e. The van der Waals surface area contributed by atoms with E-state index >= 15 is 0 Å². The largest absolute Gasteiger partial charge is 0.369 e. The van der Waals surface area contributed by atoms with E-state index < -0.39 is 0 Å². The summed E-state index contributed by atoms with van der Waals surface area (Å²) in [6.07, 6.45) is 0.656. The minimum atomic E-state index is 0.226. The average molecular weight is 277 g/mol. The number of hydrogen-bond acceptors (Lipinski definition) is 8. The van der Waals surface area contributed by atoms with Crippen molar-refractivity contribution in [3.63, 3.8) is 0 Å². The monoisotopic (exact) mass is 277 g/mol. The highest BCUT2D eigenvalue weighted by Gasteiger charge is 2.08. The Morgan fingerprint density at radius 3 is 2.60 bits per heavy atom. The van der Waals surface area contributed by atoms with Crippen LogP contribution in [0.25, 0.3) is 0 Å². The van der Waals surface area contributed by atoms with Gasteiger partial charge in [0.05, 0.1) is 0 Å². The molecule has 2 rings (SSSR count). The molecule has 2 aromatic heterocycles. The summed E-state index contributed by atoms with van der Waals surface area (Å²) in [4.78, 5) is 12.9. The van der Waals surface area contributed by atoms with E-state index in [1.807, 2.05) is 13.8 Å². The molecule has 108 valence electrons. The minimum absolute atomic E-state index is 0.226. The molecular weight excluding hydrogens is 258 g/mol. The predicted molar refractivity (Wildman–Crippen MR) is 75.2 cm³/mol. The number of aryl methyl sites for hydroxylation is 1. The number of hydrazine groups is 1. The van der Waals surface area contributed by atoms with Gasteiger partial charge in [0.25, 0.3) is 0 Å². The van der Waals surface area contributed by atoms with E-state index in [2.05, 4.69) is 30.9 Å². The molecule has 20 heavy (non-hydrogen) atoms. The second kappa shape index (κ2) is 6.29. The van der Waals surface area contributed by atoms with Gasteiger partial charge in [-0.1, -0.05) is 19.0 Å². The maximum absolute atomic E-state index is 5.41. The summed E-state index contributed by atoms with van der Waals surface area (Å²) in [6, 6.07) is 1.76. The summed E-state index contributed by atoms with van der Waals surface area (Å²) < 4.78 is 4.91. The van der Waals surface area contributed by atoms with Crippen LogP contribution < -0.4 is 16.6 Å². The van der Waals surface area contributed by atoms with Crippen LogP contribution in [-0.2, 0) is 6.42 Å². The van der Waals surface area contributed by atoms with Gasteiger partial charge in [0, 0.05) is 31.9 Å². The molecule has 0 saturated carbocycles. The molecule has 0 fully saturated rings. The Morgan fingerprint density at radius 1 is 1.25 bits per heavy atom.